The second-order valence-electron chi connectivity index (χ2n) is 8.12. The van der Waals surface area contributed by atoms with Crippen molar-refractivity contribution in [1.29, 1.82) is 0 Å². The number of hydrogen-bond acceptors (Lipinski definition) is 5. The highest BCUT2D eigenvalue weighted by atomic mass is 19.1. The lowest BCUT2D eigenvalue weighted by Crippen LogP contribution is -2.38. The summed E-state index contributed by atoms with van der Waals surface area (Å²) in [5.74, 6) is 0.518. The van der Waals surface area contributed by atoms with Crippen LogP contribution in [0.25, 0.3) is 16.9 Å². The van der Waals surface area contributed by atoms with Crippen LogP contribution in [0.3, 0.4) is 0 Å². The van der Waals surface area contributed by atoms with Gasteiger partial charge in [-0.3, -0.25) is 19.5 Å². The van der Waals surface area contributed by atoms with Crippen LogP contribution in [0.4, 0.5) is 10.3 Å². The molecule has 0 atom stereocenters. The van der Waals surface area contributed by atoms with Crippen LogP contribution in [0.2, 0.25) is 0 Å². The Morgan fingerprint density at radius 1 is 0.919 bits per heavy atom. The number of methoxy groups -OCH3 is 2. The minimum atomic E-state index is -0.418. The number of carbonyl (C=O) groups is 2. The number of imidazole rings is 1. The van der Waals surface area contributed by atoms with Gasteiger partial charge < -0.3 is 14.4 Å². The average Bonchev–Trinajstić information content (AvgIpc) is 3.35. The molecule has 3 aromatic carbocycles. The maximum atomic E-state index is 13.5. The van der Waals surface area contributed by atoms with Gasteiger partial charge in [0.1, 0.15) is 23.9 Å². The molecular formula is C28H27FN4O4. The predicted molar refractivity (Wildman–Crippen MR) is 139 cm³/mol. The fourth-order valence-corrected chi connectivity index (χ4v) is 3.75. The first-order valence-corrected chi connectivity index (χ1v) is 11.6. The summed E-state index contributed by atoms with van der Waals surface area (Å²) in [5, 5.41) is 2.81. The second kappa shape index (κ2) is 11.4. The molecule has 1 N–H and O–H groups in total. The van der Waals surface area contributed by atoms with Gasteiger partial charge >= 0.3 is 0 Å². The van der Waals surface area contributed by atoms with Crippen molar-refractivity contribution in [3.8, 4) is 28.4 Å². The van der Waals surface area contributed by atoms with E-state index in [1.165, 1.54) is 17.0 Å². The van der Waals surface area contributed by atoms with Crippen LogP contribution in [0.1, 0.15) is 17.3 Å². The molecule has 0 aliphatic rings. The minimum absolute atomic E-state index is 0.171. The van der Waals surface area contributed by atoms with E-state index < -0.39 is 5.91 Å². The molecule has 8 nitrogen and oxygen atoms in total. The Morgan fingerprint density at radius 3 is 2.08 bits per heavy atom. The van der Waals surface area contributed by atoms with Crippen LogP contribution >= 0.6 is 0 Å². The molecule has 0 radical (unpaired) electrons. The third kappa shape index (κ3) is 5.95. The van der Waals surface area contributed by atoms with Crippen LogP contribution in [-0.4, -0.2) is 53.6 Å². The van der Waals surface area contributed by atoms with Gasteiger partial charge in [-0.25, -0.2) is 9.37 Å². The van der Waals surface area contributed by atoms with Crippen molar-refractivity contribution >= 4 is 17.8 Å². The van der Waals surface area contributed by atoms with E-state index in [0.29, 0.717) is 35.0 Å². The van der Waals surface area contributed by atoms with Crippen LogP contribution < -0.4 is 14.8 Å². The molecule has 0 unspecified atom stereocenters. The number of halogens is 1. The monoisotopic (exact) mass is 502 g/mol. The number of carbonyl (C=O) groups excluding carboxylic acids is 2. The zero-order chi connectivity index (χ0) is 26.4. The number of hydrogen-bond donors (Lipinski definition) is 1. The number of amides is 2. The summed E-state index contributed by atoms with van der Waals surface area (Å²) in [5.41, 5.74) is 2.47. The van der Waals surface area contributed by atoms with Gasteiger partial charge in [-0.15, -0.1) is 0 Å². The van der Waals surface area contributed by atoms with Crippen molar-refractivity contribution in [2.45, 2.75) is 6.92 Å². The van der Waals surface area contributed by atoms with E-state index in [1.807, 2.05) is 24.3 Å². The third-order valence-corrected chi connectivity index (χ3v) is 5.79. The molecule has 190 valence electrons. The lowest BCUT2D eigenvalue weighted by Gasteiger charge is -2.20. The molecule has 0 saturated heterocycles. The van der Waals surface area contributed by atoms with Gasteiger partial charge in [0.2, 0.25) is 11.9 Å². The fourth-order valence-electron chi connectivity index (χ4n) is 3.75. The van der Waals surface area contributed by atoms with Gasteiger partial charge in [-0.2, -0.15) is 0 Å². The molecule has 0 aliphatic heterocycles. The molecule has 0 bridgehead atoms. The fraction of sp³-hybridized carbons (Fsp3) is 0.179. The molecule has 4 rings (SSSR count). The van der Waals surface area contributed by atoms with E-state index in [2.05, 4.69) is 10.3 Å². The van der Waals surface area contributed by atoms with E-state index in [9.17, 15) is 14.0 Å². The van der Waals surface area contributed by atoms with Crippen molar-refractivity contribution in [2.24, 2.45) is 0 Å². The van der Waals surface area contributed by atoms with Crippen LogP contribution in [-0.2, 0) is 4.79 Å². The molecule has 2 amide bonds. The Balaban J connectivity index is 1.58. The van der Waals surface area contributed by atoms with Gasteiger partial charge in [-0.05, 0) is 79.7 Å². The van der Waals surface area contributed by atoms with E-state index in [0.717, 1.165) is 5.56 Å². The molecular weight excluding hydrogens is 475 g/mol. The summed E-state index contributed by atoms with van der Waals surface area (Å²) < 4.78 is 25.6. The quantitative estimate of drug-likeness (QED) is 0.356. The highest BCUT2D eigenvalue weighted by molar-refractivity contribution is 5.99. The lowest BCUT2D eigenvalue weighted by atomic mass is 10.1. The Morgan fingerprint density at radius 2 is 1.51 bits per heavy atom. The Kier molecular flexibility index (Phi) is 7.83. The SMILES string of the molecule is CCN(CC(=O)Nc1nc(-c2ccc(OC)cc2)cn1-c1ccc(F)cc1)C(=O)c1ccc(OC)cc1. The zero-order valence-corrected chi connectivity index (χ0v) is 20.8. The number of nitrogens with one attached hydrogen (secondary N) is 1. The van der Waals surface area contributed by atoms with Gasteiger partial charge in [0, 0.05) is 29.6 Å². The lowest BCUT2D eigenvalue weighted by molar-refractivity contribution is -0.116. The maximum Gasteiger partial charge on any atom is 0.254 e. The number of likely N-dealkylation sites (N-methyl/N-ethyl adjacent to an activating group) is 1. The second-order valence-corrected chi connectivity index (χ2v) is 8.12. The van der Waals surface area contributed by atoms with E-state index >= 15 is 0 Å². The summed E-state index contributed by atoms with van der Waals surface area (Å²) >= 11 is 0. The highest BCUT2D eigenvalue weighted by Gasteiger charge is 2.20. The van der Waals surface area contributed by atoms with Crippen molar-refractivity contribution in [1.82, 2.24) is 14.5 Å². The number of ether oxygens (including phenoxy) is 2. The molecule has 1 aromatic heterocycles. The minimum Gasteiger partial charge on any atom is -0.497 e. The van der Waals surface area contributed by atoms with Crippen LogP contribution in [0.5, 0.6) is 11.5 Å². The van der Waals surface area contributed by atoms with Gasteiger partial charge in [0.25, 0.3) is 5.91 Å². The number of nitrogens with zero attached hydrogens (tertiary/aromatic N) is 3. The number of anilines is 1. The molecule has 4 aromatic rings. The van der Waals surface area contributed by atoms with E-state index in [1.54, 1.807) is 68.3 Å². The smallest absolute Gasteiger partial charge is 0.254 e. The summed E-state index contributed by atoms with van der Waals surface area (Å²) in [4.78, 5) is 32.0. The predicted octanol–water partition coefficient (Wildman–Crippen LogP) is 4.80. The van der Waals surface area contributed by atoms with Gasteiger partial charge in [0.15, 0.2) is 0 Å². The van der Waals surface area contributed by atoms with Crippen LogP contribution in [0.15, 0.2) is 79.0 Å². The molecule has 0 spiro atoms. The largest absolute Gasteiger partial charge is 0.497 e. The maximum absolute atomic E-state index is 13.5. The third-order valence-electron chi connectivity index (χ3n) is 5.79. The van der Waals surface area contributed by atoms with E-state index in [4.69, 9.17) is 9.47 Å². The topological polar surface area (TPSA) is 85.7 Å². The van der Waals surface area contributed by atoms with Crippen molar-refractivity contribution in [3.63, 3.8) is 0 Å². The molecule has 37 heavy (non-hydrogen) atoms. The molecule has 0 saturated carbocycles. The number of benzene rings is 3. The number of aromatic nitrogens is 2. The molecule has 9 heteroatoms. The Labute approximate surface area is 214 Å². The first kappa shape index (κ1) is 25.4. The highest BCUT2D eigenvalue weighted by Crippen LogP contribution is 2.26. The zero-order valence-electron chi connectivity index (χ0n) is 20.8. The summed E-state index contributed by atoms with van der Waals surface area (Å²) in [6.45, 7) is 1.97. The Hall–Kier alpha value is -4.66. The average molecular weight is 503 g/mol. The molecule has 0 fully saturated rings. The first-order valence-electron chi connectivity index (χ1n) is 11.6. The summed E-state index contributed by atoms with van der Waals surface area (Å²) in [7, 11) is 3.14. The van der Waals surface area contributed by atoms with Crippen molar-refractivity contribution in [2.75, 3.05) is 32.6 Å². The number of rotatable bonds is 9. The van der Waals surface area contributed by atoms with Gasteiger partial charge in [-0.1, -0.05) is 0 Å². The van der Waals surface area contributed by atoms with Crippen molar-refractivity contribution in [3.05, 3.63) is 90.4 Å². The Bertz CT molecular complexity index is 1370. The first-order chi connectivity index (χ1) is 17.9. The van der Waals surface area contributed by atoms with Gasteiger partial charge in [0.05, 0.1) is 19.9 Å². The summed E-state index contributed by atoms with van der Waals surface area (Å²) in [6, 6.07) is 19.9. The standard InChI is InChI=1S/C28H27FN4O4/c1-4-32(27(35)20-7-15-24(37-3)16-8-20)18-26(34)31-28-30-25(19-5-13-23(36-2)14-6-19)17-33(28)22-11-9-21(29)10-12-22/h5-17H,4,18H2,1-3H3,(H,30,31,34). The summed E-state index contributed by atoms with van der Waals surface area (Å²) in [6.07, 6.45) is 1.75. The normalized spacial score (nSPS) is 10.6. The molecule has 0 aliphatic carbocycles. The molecule has 1 heterocycles. The van der Waals surface area contributed by atoms with E-state index in [-0.39, 0.29) is 24.2 Å². The van der Waals surface area contributed by atoms with Crippen molar-refractivity contribution < 1.29 is 23.5 Å². The van der Waals surface area contributed by atoms with Crippen LogP contribution in [0, 0.1) is 5.82 Å².